The molecule has 1 aliphatic rings. The van der Waals surface area contributed by atoms with Crippen LogP contribution in [0.2, 0.25) is 0 Å². The second-order valence-corrected chi connectivity index (χ2v) is 6.39. The third-order valence-corrected chi connectivity index (χ3v) is 4.13. The van der Waals surface area contributed by atoms with E-state index in [0.29, 0.717) is 5.92 Å². The van der Waals surface area contributed by atoms with Crippen molar-refractivity contribution in [2.45, 2.75) is 39.2 Å². The molecule has 1 fully saturated rings. The van der Waals surface area contributed by atoms with E-state index in [9.17, 15) is 4.79 Å². The van der Waals surface area contributed by atoms with Gasteiger partial charge in [0.25, 0.3) is 0 Å². The molecule has 4 heteroatoms. The molecule has 1 amide bonds. The van der Waals surface area contributed by atoms with Crippen molar-refractivity contribution in [3.8, 4) is 0 Å². The molecule has 0 saturated carbocycles. The maximum Gasteiger partial charge on any atom is 0.239 e. The lowest BCUT2D eigenvalue weighted by Gasteiger charge is -2.25. The molecular formula is C13H26N2OS. The molecule has 1 saturated heterocycles. The molecule has 0 aromatic carbocycles. The van der Waals surface area contributed by atoms with Crippen LogP contribution in [-0.4, -0.2) is 41.9 Å². The van der Waals surface area contributed by atoms with Gasteiger partial charge in [-0.15, -0.1) is 0 Å². The van der Waals surface area contributed by atoms with Gasteiger partial charge in [-0.05, 0) is 43.1 Å². The largest absolute Gasteiger partial charge is 0.341 e. The summed E-state index contributed by atoms with van der Waals surface area (Å²) in [5.41, 5.74) is 5.96. The average molecular weight is 258 g/mol. The number of carbonyl (C=O) groups is 1. The van der Waals surface area contributed by atoms with Gasteiger partial charge in [0, 0.05) is 13.1 Å². The van der Waals surface area contributed by atoms with Crippen LogP contribution in [0.1, 0.15) is 33.1 Å². The summed E-state index contributed by atoms with van der Waals surface area (Å²) in [4.78, 5) is 14.2. The van der Waals surface area contributed by atoms with E-state index < -0.39 is 0 Å². The van der Waals surface area contributed by atoms with Gasteiger partial charge in [0.2, 0.25) is 5.91 Å². The Balaban J connectivity index is 2.49. The van der Waals surface area contributed by atoms with Gasteiger partial charge in [-0.3, -0.25) is 4.79 Å². The van der Waals surface area contributed by atoms with Crippen molar-refractivity contribution >= 4 is 17.7 Å². The Kier molecular flexibility index (Phi) is 6.34. The zero-order chi connectivity index (χ0) is 12.8. The number of amides is 1. The molecule has 100 valence electrons. The van der Waals surface area contributed by atoms with Gasteiger partial charge in [0.05, 0.1) is 6.04 Å². The second-order valence-electron chi connectivity index (χ2n) is 5.41. The third-order valence-electron chi connectivity index (χ3n) is 3.49. The normalized spacial score (nSPS) is 27.6. The summed E-state index contributed by atoms with van der Waals surface area (Å²) in [5, 5.41) is 0. The van der Waals surface area contributed by atoms with Crippen LogP contribution >= 0.6 is 11.8 Å². The molecule has 0 aromatic heterocycles. The first-order chi connectivity index (χ1) is 8.04. The predicted octanol–water partition coefficient (Wildman–Crippen LogP) is 1.96. The van der Waals surface area contributed by atoms with Crippen molar-refractivity contribution in [3.05, 3.63) is 0 Å². The van der Waals surface area contributed by atoms with Crippen molar-refractivity contribution in [3.63, 3.8) is 0 Å². The van der Waals surface area contributed by atoms with Crippen LogP contribution in [0.15, 0.2) is 0 Å². The quantitative estimate of drug-likeness (QED) is 0.838. The number of hydrogen-bond donors (Lipinski definition) is 1. The Morgan fingerprint density at radius 2 is 2.18 bits per heavy atom. The minimum Gasteiger partial charge on any atom is -0.341 e. The molecular weight excluding hydrogens is 232 g/mol. The van der Waals surface area contributed by atoms with E-state index in [0.717, 1.165) is 37.6 Å². The fraction of sp³-hybridized carbons (Fsp3) is 0.923. The molecule has 0 radical (unpaired) electrons. The summed E-state index contributed by atoms with van der Waals surface area (Å²) in [6, 6.07) is -0.303. The van der Waals surface area contributed by atoms with Gasteiger partial charge in [-0.25, -0.2) is 0 Å². The number of nitrogens with two attached hydrogens (primary N) is 1. The summed E-state index contributed by atoms with van der Waals surface area (Å²) >= 11 is 1.75. The lowest BCUT2D eigenvalue weighted by molar-refractivity contribution is -0.133. The molecule has 0 bridgehead atoms. The molecule has 0 aromatic rings. The molecule has 0 spiro atoms. The molecule has 1 rings (SSSR count). The van der Waals surface area contributed by atoms with Crippen molar-refractivity contribution in [1.29, 1.82) is 0 Å². The molecule has 1 aliphatic heterocycles. The number of thioether (sulfide) groups is 1. The molecule has 3 unspecified atom stereocenters. The monoisotopic (exact) mass is 258 g/mol. The topological polar surface area (TPSA) is 46.3 Å². The number of rotatable bonds is 4. The first-order valence-corrected chi connectivity index (χ1v) is 7.97. The Labute approximate surface area is 109 Å². The SMILES string of the molecule is CSCCC(N)C(=O)N1CCC(C)CC(C)C1. The first kappa shape index (κ1) is 14.8. The summed E-state index contributed by atoms with van der Waals surface area (Å²) in [5.74, 6) is 2.45. The van der Waals surface area contributed by atoms with Crippen molar-refractivity contribution < 1.29 is 4.79 Å². The molecule has 3 nitrogen and oxygen atoms in total. The summed E-state index contributed by atoms with van der Waals surface area (Å²) in [7, 11) is 0. The lowest BCUT2D eigenvalue weighted by Crippen LogP contribution is -2.45. The number of carbonyl (C=O) groups excluding carboxylic acids is 1. The average Bonchev–Trinajstić information content (AvgIpc) is 2.46. The highest BCUT2D eigenvalue weighted by molar-refractivity contribution is 7.98. The summed E-state index contributed by atoms with van der Waals surface area (Å²) in [6.45, 7) is 6.28. The van der Waals surface area contributed by atoms with E-state index in [4.69, 9.17) is 5.73 Å². The van der Waals surface area contributed by atoms with Crippen molar-refractivity contribution in [2.24, 2.45) is 17.6 Å². The summed E-state index contributed by atoms with van der Waals surface area (Å²) < 4.78 is 0. The van der Waals surface area contributed by atoms with Crippen molar-refractivity contribution in [1.82, 2.24) is 4.90 Å². The fourth-order valence-corrected chi connectivity index (χ4v) is 3.02. The van der Waals surface area contributed by atoms with Crippen LogP contribution in [-0.2, 0) is 4.79 Å². The Morgan fingerprint density at radius 3 is 2.82 bits per heavy atom. The lowest BCUT2D eigenvalue weighted by atomic mass is 9.97. The molecule has 3 atom stereocenters. The second kappa shape index (κ2) is 7.27. The fourth-order valence-electron chi connectivity index (χ4n) is 2.53. The highest BCUT2D eigenvalue weighted by atomic mass is 32.2. The number of nitrogens with zero attached hydrogens (tertiary/aromatic N) is 1. The van der Waals surface area contributed by atoms with E-state index in [2.05, 4.69) is 13.8 Å². The van der Waals surface area contributed by atoms with E-state index in [1.54, 1.807) is 11.8 Å². The summed E-state index contributed by atoms with van der Waals surface area (Å²) in [6.07, 6.45) is 5.18. The molecule has 0 aliphatic carbocycles. The van der Waals surface area contributed by atoms with Crippen LogP contribution in [0.3, 0.4) is 0 Å². The number of likely N-dealkylation sites (tertiary alicyclic amines) is 1. The van der Waals surface area contributed by atoms with E-state index in [-0.39, 0.29) is 11.9 Å². The zero-order valence-electron chi connectivity index (χ0n) is 11.3. The van der Waals surface area contributed by atoms with Crippen LogP contribution in [0, 0.1) is 11.8 Å². The maximum atomic E-state index is 12.2. The van der Waals surface area contributed by atoms with Crippen LogP contribution in [0.4, 0.5) is 0 Å². The Morgan fingerprint density at radius 1 is 1.47 bits per heavy atom. The van der Waals surface area contributed by atoms with Gasteiger partial charge in [-0.1, -0.05) is 13.8 Å². The maximum absolute atomic E-state index is 12.2. The number of hydrogen-bond acceptors (Lipinski definition) is 3. The minimum atomic E-state index is -0.303. The Bertz CT molecular complexity index is 248. The zero-order valence-corrected chi connectivity index (χ0v) is 12.1. The van der Waals surface area contributed by atoms with Crippen LogP contribution in [0.5, 0.6) is 0 Å². The smallest absolute Gasteiger partial charge is 0.239 e. The van der Waals surface area contributed by atoms with Gasteiger partial charge in [0.1, 0.15) is 0 Å². The molecule has 17 heavy (non-hydrogen) atoms. The predicted molar refractivity (Wildman–Crippen MR) is 75.1 cm³/mol. The van der Waals surface area contributed by atoms with Gasteiger partial charge < -0.3 is 10.6 Å². The Hall–Kier alpha value is -0.220. The highest BCUT2D eigenvalue weighted by Crippen LogP contribution is 2.21. The minimum absolute atomic E-state index is 0.153. The standard InChI is InChI=1S/C13H26N2OS/c1-10-4-6-15(9-11(2)8-10)13(16)12(14)5-7-17-3/h10-12H,4-9,14H2,1-3H3. The highest BCUT2D eigenvalue weighted by Gasteiger charge is 2.25. The van der Waals surface area contributed by atoms with Crippen molar-refractivity contribution in [2.75, 3.05) is 25.1 Å². The molecule has 1 heterocycles. The van der Waals surface area contributed by atoms with Gasteiger partial charge >= 0.3 is 0 Å². The van der Waals surface area contributed by atoms with E-state index in [1.165, 1.54) is 6.42 Å². The molecule has 2 N–H and O–H groups in total. The van der Waals surface area contributed by atoms with E-state index >= 15 is 0 Å². The van der Waals surface area contributed by atoms with E-state index in [1.807, 2.05) is 11.2 Å². The first-order valence-electron chi connectivity index (χ1n) is 6.58. The van der Waals surface area contributed by atoms with Gasteiger partial charge in [0.15, 0.2) is 0 Å². The van der Waals surface area contributed by atoms with Crippen LogP contribution in [0.25, 0.3) is 0 Å². The van der Waals surface area contributed by atoms with Crippen LogP contribution < -0.4 is 5.73 Å². The van der Waals surface area contributed by atoms with Gasteiger partial charge in [-0.2, -0.15) is 11.8 Å². The third kappa shape index (κ3) is 4.88.